The van der Waals surface area contributed by atoms with Crippen LogP contribution in [0, 0.1) is 0 Å². The number of nitrogens with zero attached hydrogens (tertiary/aromatic N) is 1. The van der Waals surface area contributed by atoms with Gasteiger partial charge in [0.05, 0.1) is 23.4 Å². The zero-order valence-corrected chi connectivity index (χ0v) is 13.3. The first-order valence-corrected chi connectivity index (χ1v) is 7.68. The molecule has 0 aliphatic heterocycles. The van der Waals surface area contributed by atoms with E-state index in [1.165, 1.54) is 0 Å². The number of nitrogens with one attached hydrogen (secondary N) is 1. The number of carbonyl (C=O) groups is 2. The molecule has 0 unspecified atom stereocenters. The number of hydrogen-bond acceptors (Lipinski definition) is 5. The standard InChI is InChI=1S/C19H16N2O4/c22-11-13-6-8-14(9-7-13)19(24)25-12-18(23)21-17-5-1-4-16-15(17)3-2-10-20-16/h1-10,22H,11-12H2,(H,21,23). The molecular weight excluding hydrogens is 320 g/mol. The highest BCUT2D eigenvalue weighted by Gasteiger charge is 2.11. The average molecular weight is 336 g/mol. The number of hydrogen-bond donors (Lipinski definition) is 2. The molecule has 0 bridgehead atoms. The summed E-state index contributed by atoms with van der Waals surface area (Å²) in [5, 5.41) is 12.5. The third-order valence-corrected chi connectivity index (χ3v) is 3.63. The number of fused-ring (bicyclic) bond motifs is 1. The van der Waals surface area contributed by atoms with Crippen molar-refractivity contribution in [3.8, 4) is 0 Å². The molecule has 2 aromatic carbocycles. The van der Waals surface area contributed by atoms with Crippen LogP contribution in [0.3, 0.4) is 0 Å². The molecule has 0 spiro atoms. The van der Waals surface area contributed by atoms with Gasteiger partial charge in [-0.2, -0.15) is 0 Å². The number of aromatic nitrogens is 1. The molecule has 0 aliphatic rings. The van der Waals surface area contributed by atoms with E-state index in [0.29, 0.717) is 16.8 Å². The Kier molecular flexibility index (Phi) is 5.01. The van der Waals surface area contributed by atoms with Gasteiger partial charge in [0.1, 0.15) is 0 Å². The Morgan fingerprint density at radius 1 is 1.04 bits per heavy atom. The van der Waals surface area contributed by atoms with Gasteiger partial charge in [-0.15, -0.1) is 0 Å². The molecule has 0 atom stereocenters. The second kappa shape index (κ2) is 7.55. The second-order valence-corrected chi connectivity index (χ2v) is 5.36. The van der Waals surface area contributed by atoms with E-state index in [2.05, 4.69) is 10.3 Å². The van der Waals surface area contributed by atoms with Crippen LogP contribution in [0.1, 0.15) is 15.9 Å². The van der Waals surface area contributed by atoms with Crippen LogP contribution in [0.15, 0.2) is 60.8 Å². The van der Waals surface area contributed by atoms with Crippen molar-refractivity contribution in [1.82, 2.24) is 4.98 Å². The monoisotopic (exact) mass is 336 g/mol. The maximum atomic E-state index is 12.1. The maximum absolute atomic E-state index is 12.1. The summed E-state index contributed by atoms with van der Waals surface area (Å²) in [6.07, 6.45) is 1.68. The van der Waals surface area contributed by atoms with Crippen LogP contribution < -0.4 is 5.32 Å². The van der Waals surface area contributed by atoms with E-state index in [9.17, 15) is 9.59 Å². The largest absolute Gasteiger partial charge is 0.452 e. The summed E-state index contributed by atoms with van der Waals surface area (Å²) in [4.78, 5) is 28.2. The normalized spacial score (nSPS) is 10.4. The van der Waals surface area contributed by atoms with Gasteiger partial charge in [0, 0.05) is 11.6 Å². The number of anilines is 1. The van der Waals surface area contributed by atoms with Gasteiger partial charge in [0.2, 0.25) is 0 Å². The van der Waals surface area contributed by atoms with Crippen molar-refractivity contribution < 1.29 is 19.4 Å². The van der Waals surface area contributed by atoms with Gasteiger partial charge in [0.15, 0.2) is 6.61 Å². The lowest BCUT2D eigenvalue weighted by Gasteiger charge is -2.09. The number of pyridine rings is 1. The number of benzene rings is 2. The number of aliphatic hydroxyl groups excluding tert-OH is 1. The van der Waals surface area contributed by atoms with Crippen molar-refractivity contribution in [2.45, 2.75) is 6.61 Å². The molecule has 0 saturated heterocycles. The first-order valence-electron chi connectivity index (χ1n) is 7.68. The fourth-order valence-corrected chi connectivity index (χ4v) is 2.36. The average Bonchev–Trinajstić information content (AvgIpc) is 2.66. The van der Waals surface area contributed by atoms with Crippen molar-refractivity contribution in [3.05, 3.63) is 71.9 Å². The van der Waals surface area contributed by atoms with Crippen LogP contribution in [-0.4, -0.2) is 28.6 Å². The summed E-state index contributed by atoms with van der Waals surface area (Å²) < 4.78 is 5.02. The van der Waals surface area contributed by atoms with E-state index < -0.39 is 18.5 Å². The topological polar surface area (TPSA) is 88.5 Å². The molecule has 0 fully saturated rings. The van der Waals surface area contributed by atoms with Gasteiger partial charge in [-0.05, 0) is 42.0 Å². The van der Waals surface area contributed by atoms with Crippen LogP contribution in [0.4, 0.5) is 5.69 Å². The molecular formula is C19H16N2O4. The molecule has 0 aliphatic carbocycles. The van der Waals surface area contributed by atoms with E-state index >= 15 is 0 Å². The zero-order chi connectivity index (χ0) is 17.6. The van der Waals surface area contributed by atoms with E-state index in [1.54, 1.807) is 48.7 Å². The zero-order valence-electron chi connectivity index (χ0n) is 13.3. The van der Waals surface area contributed by atoms with E-state index in [4.69, 9.17) is 9.84 Å². The molecule has 3 rings (SSSR count). The van der Waals surface area contributed by atoms with E-state index in [-0.39, 0.29) is 6.61 Å². The van der Waals surface area contributed by atoms with Crippen molar-refractivity contribution in [1.29, 1.82) is 0 Å². The lowest BCUT2D eigenvalue weighted by atomic mass is 10.1. The molecule has 1 amide bonds. The summed E-state index contributed by atoms with van der Waals surface area (Å²) >= 11 is 0. The molecule has 6 heteroatoms. The van der Waals surface area contributed by atoms with Gasteiger partial charge in [-0.1, -0.05) is 18.2 Å². The van der Waals surface area contributed by atoms with Crippen molar-refractivity contribution in [2.24, 2.45) is 0 Å². The quantitative estimate of drug-likeness (QED) is 0.699. The number of aliphatic hydroxyl groups is 1. The summed E-state index contributed by atoms with van der Waals surface area (Å²) in [7, 11) is 0. The fourth-order valence-electron chi connectivity index (χ4n) is 2.36. The summed E-state index contributed by atoms with van der Waals surface area (Å²) in [6, 6.07) is 15.4. The number of rotatable bonds is 5. The lowest BCUT2D eigenvalue weighted by molar-refractivity contribution is -0.119. The molecule has 1 aromatic heterocycles. The van der Waals surface area contributed by atoms with Crippen LogP contribution in [-0.2, 0) is 16.1 Å². The summed E-state index contributed by atoms with van der Waals surface area (Å²) in [5.74, 6) is -1.03. The first kappa shape index (κ1) is 16.6. The number of amides is 1. The first-order chi connectivity index (χ1) is 12.2. The minimum atomic E-state index is -0.598. The second-order valence-electron chi connectivity index (χ2n) is 5.36. The van der Waals surface area contributed by atoms with Crippen molar-refractivity contribution in [3.63, 3.8) is 0 Å². The Labute approximate surface area is 144 Å². The van der Waals surface area contributed by atoms with E-state index in [1.807, 2.05) is 12.1 Å². The van der Waals surface area contributed by atoms with Gasteiger partial charge < -0.3 is 15.2 Å². The van der Waals surface area contributed by atoms with Crippen LogP contribution in [0.25, 0.3) is 10.9 Å². The lowest BCUT2D eigenvalue weighted by Crippen LogP contribution is -2.21. The highest BCUT2D eigenvalue weighted by atomic mass is 16.5. The molecule has 0 saturated carbocycles. The Bertz CT molecular complexity index is 901. The van der Waals surface area contributed by atoms with Gasteiger partial charge in [-0.3, -0.25) is 9.78 Å². The Morgan fingerprint density at radius 2 is 1.84 bits per heavy atom. The van der Waals surface area contributed by atoms with Crippen molar-refractivity contribution >= 4 is 28.5 Å². The minimum Gasteiger partial charge on any atom is -0.452 e. The molecule has 0 radical (unpaired) electrons. The SMILES string of the molecule is O=C(COC(=O)c1ccc(CO)cc1)Nc1cccc2ncccc12. The molecule has 2 N–H and O–H groups in total. The fraction of sp³-hybridized carbons (Fsp3) is 0.105. The summed E-state index contributed by atoms with van der Waals surface area (Å²) in [6.45, 7) is -0.491. The van der Waals surface area contributed by atoms with Gasteiger partial charge >= 0.3 is 5.97 Å². The van der Waals surface area contributed by atoms with Gasteiger partial charge in [0.25, 0.3) is 5.91 Å². The minimum absolute atomic E-state index is 0.0996. The highest BCUT2D eigenvalue weighted by molar-refractivity contribution is 6.02. The van der Waals surface area contributed by atoms with Crippen molar-refractivity contribution in [2.75, 3.05) is 11.9 Å². The predicted octanol–water partition coefficient (Wildman–Crippen LogP) is 2.52. The third kappa shape index (κ3) is 3.99. The molecule has 126 valence electrons. The van der Waals surface area contributed by atoms with Crippen LogP contribution >= 0.6 is 0 Å². The van der Waals surface area contributed by atoms with Crippen LogP contribution in [0.5, 0.6) is 0 Å². The molecule has 25 heavy (non-hydrogen) atoms. The Balaban J connectivity index is 1.61. The van der Waals surface area contributed by atoms with Crippen LogP contribution in [0.2, 0.25) is 0 Å². The molecule has 6 nitrogen and oxygen atoms in total. The predicted molar refractivity (Wildman–Crippen MR) is 93.0 cm³/mol. The van der Waals surface area contributed by atoms with Gasteiger partial charge in [-0.25, -0.2) is 4.79 Å². The maximum Gasteiger partial charge on any atom is 0.338 e. The third-order valence-electron chi connectivity index (χ3n) is 3.63. The molecule has 3 aromatic rings. The number of esters is 1. The smallest absolute Gasteiger partial charge is 0.338 e. The highest BCUT2D eigenvalue weighted by Crippen LogP contribution is 2.21. The molecule has 1 heterocycles. The summed E-state index contributed by atoms with van der Waals surface area (Å²) in [5.41, 5.74) is 2.39. The number of carbonyl (C=O) groups excluding carboxylic acids is 2. The Hall–Kier alpha value is -3.25. The van der Waals surface area contributed by atoms with E-state index in [0.717, 1.165) is 10.9 Å². The Morgan fingerprint density at radius 3 is 2.60 bits per heavy atom. The number of ether oxygens (including phenoxy) is 1.